The van der Waals surface area contributed by atoms with E-state index in [0.29, 0.717) is 24.5 Å². The monoisotopic (exact) mass is 435 g/mol. The van der Waals surface area contributed by atoms with Crippen molar-refractivity contribution in [3.05, 3.63) is 64.0 Å². The molecule has 5 rings (SSSR count). The fraction of sp³-hybridized carbons (Fsp3) is 0.360. The highest BCUT2D eigenvalue weighted by Crippen LogP contribution is 2.42. The van der Waals surface area contributed by atoms with Crippen LogP contribution in [0.4, 0.5) is 0 Å². The van der Waals surface area contributed by atoms with Gasteiger partial charge in [-0.05, 0) is 55.2 Å². The molecule has 1 aliphatic heterocycles. The molecule has 1 aliphatic carbocycles. The molecule has 0 spiro atoms. The van der Waals surface area contributed by atoms with Gasteiger partial charge in [-0.1, -0.05) is 18.9 Å². The third-order valence-corrected chi connectivity index (χ3v) is 6.22. The summed E-state index contributed by atoms with van der Waals surface area (Å²) in [5.74, 6) is 1.73. The van der Waals surface area contributed by atoms with Crippen LogP contribution in [0.15, 0.2) is 51.7 Å². The highest BCUT2D eigenvalue weighted by molar-refractivity contribution is 5.82. The minimum Gasteiger partial charge on any atom is -0.486 e. The van der Waals surface area contributed by atoms with Gasteiger partial charge in [0.15, 0.2) is 18.1 Å². The number of carbonyl (C=O) groups is 1. The first-order valence-electron chi connectivity index (χ1n) is 10.9. The summed E-state index contributed by atoms with van der Waals surface area (Å²) in [6.07, 6.45) is 3.80. The van der Waals surface area contributed by atoms with Gasteiger partial charge in [-0.25, -0.2) is 4.79 Å². The van der Waals surface area contributed by atoms with E-state index in [0.717, 1.165) is 53.7 Å². The average Bonchev–Trinajstić information content (AvgIpc) is 3.26. The second kappa shape index (κ2) is 8.22. The van der Waals surface area contributed by atoms with Crippen molar-refractivity contribution >= 4 is 16.9 Å². The number of ether oxygens (including phenoxy) is 3. The van der Waals surface area contributed by atoms with Crippen LogP contribution in [0, 0.1) is 6.92 Å². The Kier molecular flexibility index (Phi) is 5.25. The van der Waals surface area contributed by atoms with Crippen molar-refractivity contribution in [3.8, 4) is 17.2 Å². The molecular formula is C25H25NO6. The zero-order chi connectivity index (χ0) is 22.1. The number of fused-ring (bicyclic) bond motifs is 2. The Labute approximate surface area is 185 Å². The standard InChI is InChI=1S/C25H25NO6/c1-16-12-24(28)32-21-14-18(5-6-19(16)21)31-15-23(27)26-25(8-2-3-9-25)17-4-7-20-22(13-17)30-11-10-29-20/h4-7,12-14H,2-3,8-11,15H2,1H3,(H,26,27). The second-order valence-electron chi connectivity index (χ2n) is 8.39. The number of amides is 1. The van der Waals surface area contributed by atoms with Crippen LogP contribution in [0.2, 0.25) is 0 Å². The summed E-state index contributed by atoms with van der Waals surface area (Å²) in [6.45, 7) is 2.79. The first kappa shape index (κ1) is 20.4. The lowest BCUT2D eigenvalue weighted by Crippen LogP contribution is -2.45. The summed E-state index contributed by atoms with van der Waals surface area (Å²) in [5, 5.41) is 4.05. The fourth-order valence-electron chi connectivity index (χ4n) is 4.65. The third kappa shape index (κ3) is 3.90. The smallest absolute Gasteiger partial charge is 0.336 e. The molecular weight excluding hydrogens is 410 g/mol. The van der Waals surface area contributed by atoms with Crippen molar-refractivity contribution in [1.29, 1.82) is 0 Å². The normalized spacial score (nSPS) is 16.7. The highest BCUT2D eigenvalue weighted by atomic mass is 16.6. The molecule has 0 bridgehead atoms. The van der Waals surface area contributed by atoms with Crippen molar-refractivity contribution in [2.75, 3.05) is 19.8 Å². The maximum atomic E-state index is 12.8. The van der Waals surface area contributed by atoms with E-state index in [-0.39, 0.29) is 12.5 Å². The van der Waals surface area contributed by atoms with E-state index in [2.05, 4.69) is 5.32 Å². The van der Waals surface area contributed by atoms with Crippen LogP contribution >= 0.6 is 0 Å². The molecule has 0 radical (unpaired) electrons. The predicted octanol–water partition coefficient (Wildman–Crippen LogP) is 3.84. The number of hydrogen-bond acceptors (Lipinski definition) is 6. The van der Waals surface area contributed by atoms with Crippen LogP contribution in [0.25, 0.3) is 11.0 Å². The van der Waals surface area contributed by atoms with Gasteiger partial charge in [0.1, 0.15) is 24.5 Å². The zero-order valence-corrected chi connectivity index (χ0v) is 17.9. The lowest BCUT2D eigenvalue weighted by atomic mass is 9.87. The van der Waals surface area contributed by atoms with Crippen molar-refractivity contribution < 1.29 is 23.4 Å². The molecule has 2 heterocycles. The van der Waals surface area contributed by atoms with Gasteiger partial charge in [-0.15, -0.1) is 0 Å². The predicted molar refractivity (Wildman–Crippen MR) is 118 cm³/mol. The number of hydrogen-bond donors (Lipinski definition) is 1. The molecule has 0 atom stereocenters. The first-order valence-corrected chi connectivity index (χ1v) is 10.9. The molecule has 32 heavy (non-hydrogen) atoms. The van der Waals surface area contributed by atoms with Gasteiger partial charge in [0.25, 0.3) is 5.91 Å². The lowest BCUT2D eigenvalue weighted by molar-refractivity contribution is -0.125. The molecule has 2 aromatic carbocycles. The summed E-state index contributed by atoms with van der Waals surface area (Å²) in [4.78, 5) is 24.5. The summed E-state index contributed by atoms with van der Waals surface area (Å²) in [7, 11) is 0. The molecule has 3 aromatic rings. The molecule has 1 saturated carbocycles. The summed E-state index contributed by atoms with van der Waals surface area (Å²) in [6, 6.07) is 12.6. The highest BCUT2D eigenvalue weighted by Gasteiger charge is 2.38. The van der Waals surface area contributed by atoms with Crippen molar-refractivity contribution in [3.63, 3.8) is 0 Å². The van der Waals surface area contributed by atoms with E-state index in [1.54, 1.807) is 12.1 Å². The molecule has 1 amide bonds. The SMILES string of the molecule is Cc1cc(=O)oc2cc(OCC(=O)NC3(c4ccc5c(c4)OCCO5)CCCC3)ccc12. The van der Waals surface area contributed by atoms with Crippen LogP contribution in [0.3, 0.4) is 0 Å². The van der Waals surface area contributed by atoms with Gasteiger partial charge in [-0.2, -0.15) is 0 Å². The Morgan fingerprint density at radius 3 is 2.62 bits per heavy atom. The van der Waals surface area contributed by atoms with Crippen LogP contribution in [0.1, 0.15) is 36.8 Å². The second-order valence-corrected chi connectivity index (χ2v) is 8.39. The Bertz CT molecular complexity index is 1220. The van der Waals surface area contributed by atoms with Gasteiger partial charge in [-0.3, -0.25) is 4.79 Å². The van der Waals surface area contributed by atoms with E-state index in [1.807, 2.05) is 31.2 Å². The number of carbonyl (C=O) groups excluding carboxylic acids is 1. The molecule has 7 nitrogen and oxygen atoms in total. The van der Waals surface area contributed by atoms with Gasteiger partial charge in [0, 0.05) is 17.5 Å². The largest absolute Gasteiger partial charge is 0.486 e. The Balaban J connectivity index is 1.31. The molecule has 0 saturated heterocycles. The quantitative estimate of drug-likeness (QED) is 0.613. The Hall–Kier alpha value is -3.48. The minimum absolute atomic E-state index is 0.131. The topological polar surface area (TPSA) is 87.0 Å². The zero-order valence-electron chi connectivity index (χ0n) is 17.9. The van der Waals surface area contributed by atoms with Gasteiger partial charge < -0.3 is 23.9 Å². The lowest BCUT2D eigenvalue weighted by Gasteiger charge is -2.32. The number of nitrogens with one attached hydrogen (secondary N) is 1. The molecule has 2 aliphatic rings. The van der Waals surface area contributed by atoms with Crippen molar-refractivity contribution in [1.82, 2.24) is 5.32 Å². The third-order valence-electron chi connectivity index (χ3n) is 6.22. The van der Waals surface area contributed by atoms with E-state index in [1.165, 1.54) is 6.07 Å². The van der Waals surface area contributed by atoms with Crippen LogP contribution < -0.4 is 25.2 Å². The number of benzene rings is 2. The summed E-state index contributed by atoms with van der Waals surface area (Å²) >= 11 is 0. The van der Waals surface area contributed by atoms with E-state index >= 15 is 0 Å². The van der Waals surface area contributed by atoms with Crippen molar-refractivity contribution in [2.45, 2.75) is 38.1 Å². The van der Waals surface area contributed by atoms with E-state index < -0.39 is 11.2 Å². The van der Waals surface area contributed by atoms with Gasteiger partial charge in [0.05, 0.1) is 5.54 Å². The molecule has 1 aromatic heterocycles. The minimum atomic E-state index is -0.441. The van der Waals surface area contributed by atoms with E-state index in [9.17, 15) is 9.59 Å². The van der Waals surface area contributed by atoms with Gasteiger partial charge in [0.2, 0.25) is 0 Å². The number of aryl methyl sites for hydroxylation is 1. The molecule has 0 unspecified atom stereocenters. The summed E-state index contributed by atoms with van der Waals surface area (Å²) in [5.41, 5.74) is 1.45. The molecule has 1 fully saturated rings. The molecule has 1 N–H and O–H groups in total. The maximum Gasteiger partial charge on any atom is 0.336 e. The molecule has 166 valence electrons. The van der Waals surface area contributed by atoms with Crippen LogP contribution in [-0.4, -0.2) is 25.7 Å². The van der Waals surface area contributed by atoms with Crippen LogP contribution in [-0.2, 0) is 10.3 Å². The Morgan fingerprint density at radius 1 is 1.03 bits per heavy atom. The van der Waals surface area contributed by atoms with Crippen molar-refractivity contribution in [2.24, 2.45) is 0 Å². The average molecular weight is 435 g/mol. The van der Waals surface area contributed by atoms with Gasteiger partial charge >= 0.3 is 5.63 Å². The maximum absolute atomic E-state index is 12.8. The van der Waals surface area contributed by atoms with Crippen LogP contribution in [0.5, 0.6) is 17.2 Å². The van der Waals surface area contributed by atoms with E-state index in [4.69, 9.17) is 18.6 Å². The first-order chi connectivity index (χ1) is 15.5. The summed E-state index contributed by atoms with van der Waals surface area (Å²) < 4.78 is 22.3. The Morgan fingerprint density at radius 2 is 1.81 bits per heavy atom. The number of rotatable bonds is 5. The molecule has 7 heteroatoms. The fourth-order valence-corrected chi connectivity index (χ4v) is 4.65.